The van der Waals surface area contributed by atoms with Gasteiger partial charge in [-0.3, -0.25) is 0 Å². The highest BCUT2D eigenvalue weighted by atomic mass is 79.9. The Bertz CT molecular complexity index is 329. The second kappa shape index (κ2) is 5.59. The molecule has 0 amide bonds. The van der Waals surface area contributed by atoms with Crippen LogP contribution in [0.3, 0.4) is 0 Å². The summed E-state index contributed by atoms with van der Waals surface area (Å²) in [6, 6.07) is 0. The minimum Gasteiger partial charge on any atom is -0.377 e. The largest absolute Gasteiger partial charge is 0.377 e. The Labute approximate surface area is 104 Å². The maximum Gasteiger partial charge on any atom is 0.225 e. The van der Waals surface area contributed by atoms with Crippen LogP contribution in [0.5, 0.6) is 0 Å². The molecular weight excluding hydrogens is 270 g/mol. The Morgan fingerprint density at radius 2 is 2.25 bits per heavy atom. The number of rotatable bonds is 3. The number of hydrogen-bond donors (Lipinski definition) is 0. The summed E-state index contributed by atoms with van der Waals surface area (Å²) in [7, 11) is 0. The van der Waals surface area contributed by atoms with Gasteiger partial charge in [0.05, 0.1) is 10.6 Å². The Morgan fingerprint density at radius 1 is 1.50 bits per heavy atom. The molecule has 0 aliphatic carbocycles. The zero-order valence-corrected chi connectivity index (χ0v) is 11.0. The molecule has 88 valence electrons. The molecule has 2 heterocycles. The summed E-state index contributed by atoms with van der Waals surface area (Å²) in [5.74, 6) is 0.799. The van der Waals surface area contributed by atoms with E-state index in [4.69, 9.17) is 4.74 Å². The topological polar surface area (TPSA) is 38.2 Å². The predicted molar refractivity (Wildman–Crippen MR) is 66.6 cm³/mol. The van der Waals surface area contributed by atoms with Gasteiger partial charge in [-0.05, 0) is 35.7 Å². The normalized spacial score (nSPS) is 21.1. The average molecular weight is 286 g/mol. The fraction of sp³-hybridized carbons (Fsp3) is 0.636. The third-order valence-corrected chi connectivity index (χ3v) is 3.08. The lowest BCUT2D eigenvalue weighted by atomic mass is 10.1. The first kappa shape index (κ1) is 11.8. The number of aromatic nitrogens is 2. The molecule has 5 heteroatoms. The minimum absolute atomic E-state index is 0.325. The average Bonchev–Trinajstić information content (AvgIpc) is 2.31. The van der Waals surface area contributed by atoms with E-state index in [1.807, 2.05) is 6.92 Å². The van der Waals surface area contributed by atoms with Gasteiger partial charge in [-0.2, -0.15) is 0 Å². The number of ether oxygens (including phenoxy) is 1. The summed E-state index contributed by atoms with van der Waals surface area (Å²) in [6.45, 7) is 4.73. The summed E-state index contributed by atoms with van der Waals surface area (Å²) < 4.78 is 6.56. The minimum atomic E-state index is 0.325. The first-order valence-electron chi connectivity index (χ1n) is 5.63. The highest BCUT2D eigenvalue weighted by molar-refractivity contribution is 9.10. The van der Waals surface area contributed by atoms with Crippen LogP contribution in [0.15, 0.2) is 16.9 Å². The molecule has 1 fully saturated rings. The lowest BCUT2D eigenvalue weighted by molar-refractivity contribution is 0.0523. The van der Waals surface area contributed by atoms with Crippen molar-refractivity contribution in [3.8, 4) is 0 Å². The van der Waals surface area contributed by atoms with Crippen molar-refractivity contribution < 1.29 is 4.74 Å². The summed E-state index contributed by atoms with van der Waals surface area (Å²) >= 11 is 3.34. The Balaban J connectivity index is 2.01. The van der Waals surface area contributed by atoms with Crippen molar-refractivity contribution in [3.63, 3.8) is 0 Å². The molecule has 0 radical (unpaired) electrons. The van der Waals surface area contributed by atoms with Gasteiger partial charge in [0.25, 0.3) is 0 Å². The van der Waals surface area contributed by atoms with Gasteiger partial charge < -0.3 is 9.64 Å². The third-order valence-electron chi connectivity index (χ3n) is 2.67. The van der Waals surface area contributed by atoms with E-state index in [0.717, 1.165) is 43.0 Å². The van der Waals surface area contributed by atoms with Crippen LogP contribution in [-0.4, -0.2) is 35.8 Å². The lowest BCUT2D eigenvalue weighted by Gasteiger charge is -2.32. The molecule has 4 nitrogen and oxygen atoms in total. The van der Waals surface area contributed by atoms with Gasteiger partial charge in [0.1, 0.15) is 0 Å². The third kappa shape index (κ3) is 2.92. The molecule has 2 rings (SSSR count). The molecular formula is C11H16BrN3O. The zero-order chi connectivity index (χ0) is 11.4. The highest BCUT2D eigenvalue weighted by Crippen LogP contribution is 2.18. The van der Waals surface area contributed by atoms with Crippen LogP contribution >= 0.6 is 15.9 Å². The summed E-state index contributed by atoms with van der Waals surface area (Å²) in [5, 5.41) is 0. The van der Waals surface area contributed by atoms with Gasteiger partial charge in [-0.15, -0.1) is 0 Å². The van der Waals surface area contributed by atoms with Crippen molar-refractivity contribution >= 4 is 21.9 Å². The van der Waals surface area contributed by atoms with Crippen LogP contribution in [0.25, 0.3) is 0 Å². The van der Waals surface area contributed by atoms with Gasteiger partial charge in [0.2, 0.25) is 5.95 Å². The number of nitrogens with zero attached hydrogens (tertiary/aromatic N) is 3. The second-order valence-electron chi connectivity index (χ2n) is 3.87. The van der Waals surface area contributed by atoms with Crippen LogP contribution in [0.1, 0.15) is 19.8 Å². The number of hydrogen-bond acceptors (Lipinski definition) is 4. The molecule has 16 heavy (non-hydrogen) atoms. The molecule has 1 aromatic rings. The monoisotopic (exact) mass is 285 g/mol. The van der Waals surface area contributed by atoms with E-state index in [0.29, 0.717) is 6.10 Å². The van der Waals surface area contributed by atoms with E-state index in [-0.39, 0.29) is 0 Å². The molecule has 0 aromatic carbocycles. The molecule has 1 saturated heterocycles. The van der Waals surface area contributed by atoms with Crippen LogP contribution in [0, 0.1) is 0 Å². The molecule has 0 saturated carbocycles. The molecule has 1 aliphatic rings. The zero-order valence-electron chi connectivity index (χ0n) is 9.40. The van der Waals surface area contributed by atoms with Gasteiger partial charge in [-0.1, -0.05) is 0 Å². The standard InChI is InChI=1S/C11H16BrN3O/c1-2-16-10-4-3-5-15(8-10)11-13-6-9(12)7-14-11/h6-7,10H,2-5,8H2,1H3. The van der Waals surface area contributed by atoms with Gasteiger partial charge in [0.15, 0.2) is 0 Å². The van der Waals surface area contributed by atoms with Gasteiger partial charge in [0, 0.05) is 32.1 Å². The van der Waals surface area contributed by atoms with E-state index < -0.39 is 0 Å². The first-order valence-corrected chi connectivity index (χ1v) is 6.43. The molecule has 1 aliphatic heterocycles. The van der Waals surface area contributed by atoms with Crippen LogP contribution < -0.4 is 4.90 Å². The van der Waals surface area contributed by atoms with Crippen LogP contribution in [-0.2, 0) is 4.74 Å². The number of anilines is 1. The van der Waals surface area contributed by atoms with Crippen LogP contribution in [0.4, 0.5) is 5.95 Å². The van der Waals surface area contributed by atoms with Gasteiger partial charge in [-0.25, -0.2) is 9.97 Å². The van der Waals surface area contributed by atoms with Gasteiger partial charge >= 0.3 is 0 Å². The van der Waals surface area contributed by atoms with Crippen molar-refractivity contribution in [2.75, 3.05) is 24.6 Å². The van der Waals surface area contributed by atoms with Crippen molar-refractivity contribution in [2.45, 2.75) is 25.9 Å². The quantitative estimate of drug-likeness (QED) is 0.854. The fourth-order valence-electron chi connectivity index (χ4n) is 1.96. The molecule has 1 aromatic heterocycles. The lowest BCUT2D eigenvalue weighted by Crippen LogP contribution is -2.40. The molecule has 1 unspecified atom stereocenters. The number of halogens is 1. The van der Waals surface area contributed by atoms with Crippen molar-refractivity contribution in [2.24, 2.45) is 0 Å². The molecule has 1 atom stereocenters. The SMILES string of the molecule is CCOC1CCCN(c2ncc(Br)cn2)C1. The predicted octanol–water partition coefficient (Wildman–Crippen LogP) is 2.24. The molecule has 0 spiro atoms. The first-order chi connectivity index (χ1) is 7.79. The highest BCUT2D eigenvalue weighted by Gasteiger charge is 2.21. The fourth-order valence-corrected chi connectivity index (χ4v) is 2.17. The van der Waals surface area contributed by atoms with Crippen molar-refractivity contribution in [1.82, 2.24) is 9.97 Å². The maximum absolute atomic E-state index is 5.65. The van der Waals surface area contributed by atoms with Crippen LogP contribution in [0.2, 0.25) is 0 Å². The molecule has 0 bridgehead atoms. The van der Waals surface area contributed by atoms with E-state index in [2.05, 4.69) is 30.8 Å². The van der Waals surface area contributed by atoms with E-state index in [9.17, 15) is 0 Å². The Hall–Kier alpha value is -0.680. The summed E-state index contributed by atoms with van der Waals surface area (Å²) in [5.41, 5.74) is 0. The summed E-state index contributed by atoms with van der Waals surface area (Å²) in [4.78, 5) is 10.8. The summed E-state index contributed by atoms with van der Waals surface area (Å²) in [6.07, 6.45) is 6.18. The molecule has 0 N–H and O–H groups in total. The van der Waals surface area contributed by atoms with E-state index in [1.165, 1.54) is 0 Å². The Morgan fingerprint density at radius 3 is 2.94 bits per heavy atom. The van der Waals surface area contributed by atoms with E-state index in [1.54, 1.807) is 12.4 Å². The Kier molecular flexibility index (Phi) is 4.12. The second-order valence-corrected chi connectivity index (χ2v) is 4.78. The van der Waals surface area contributed by atoms with Crippen molar-refractivity contribution in [1.29, 1.82) is 0 Å². The number of piperidine rings is 1. The smallest absolute Gasteiger partial charge is 0.225 e. The maximum atomic E-state index is 5.65. The van der Waals surface area contributed by atoms with E-state index >= 15 is 0 Å². The van der Waals surface area contributed by atoms with Crippen molar-refractivity contribution in [3.05, 3.63) is 16.9 Å².